The normalized spacial score (nSPS) is 16.0. The molecule has 0 aliphatic carbocycles. The minimum absolute atomic E-state index is 0.0440. The minimum atomic E-state index is -0.313. The number of ether oxygens (including phenoxy) is 1. The van der Waals surface area contributed by atoms with Crippen molar-refractivity contribution in [3.63, 3.8) is 0 Å². The smallest absolute Gasteiger partial charge is 0.238 e. The van der Waals surface area contributed by atoms with E-state index >= 15 is 0 Å². The molecule has 0 unspecified atom stereocenters. The van der Waals surface area contributed by atoms with E-state index in [4.69, 9.17) is 10.5 Å². The van der Waals surface area contributed by atoms with Crippen LogP contribution in [0.5, 0.6) is 5.75 Å². The zero-order chi connectivity index (χ0) is 16.7. The monoisotopic (exact) mass is 320 g/mol. The molecule has 2 amide bonds. The Balaban J connectivity index is 1.74. The van der Waals surface area contributed by atoms with E-state index in [2.05, 4.69) is 10.2 Å². The van der Waals surface area contributed by atoms with Gasteiger partial charge in [-0.25, -0.2) is 0 Å². The first-order chi connectivity index (χ1) is 11.1. The van der Waals surface area contributed by atoms with E-state index in [0.29, 0.717) is 13.2 Å². The number of hydrogen-bond donors (Lipinski definition) is 2. The molecule has 0 aromatic heterocycles. The number of nitrogens with two attached hydrogens (primary N) is 1. The van der Waals surface area contributed by atoms with Crippen LogP contribution < -0.4 is 15.8 Å². The van der Waals surface area contributed by atoms with Crippen LogP contribution in [0.4, 0.5) is 5.69 Å². The topological polar surface area (TPSA) is 87.9 Å². The average Bonchev–Trinajstić information content (AvgIpc) is 2.51. The molecule has 1 aromatic carbocycles. The second-order valence-corrected chi connectivity index (χ2v) is 5.52. The lowest BCUT2D eigenvalue weighted by Crippen LogP contribution is -2.50. The number of anilines is 1. The van der Waals surface area contributed by atoms with Crippen LogP contribution in [-0.2, 0) is 9.59 Å². The second kappa shape index (κ2) is 8.50. The summed E-state index contributed by atoms with van der Waals surface area (Å²) in [6.07, 6.45) is 0. The van der Waals surface area contributed by atoms with Crippen LogP contribution in [-0.4, -0.2) is 67.5 Å². The third-order valence-corrected chi connectivity index (χ3v) is 3.66. The Morgan fingerprint density at radius 1 is 1.09 bits per heavy atom. The van der Waals surface area contributed by atoms with Gasteiger partial charge in [0.15, 0.2) is 0 Å². The van der Waals surface area contributed by atoms with E-state index in [1.54, 1.807) is 0 Å². The lowest BCUT2D eigenvalue weighted by Gasteiger charge is -2.33. The molecule has 0 bridgehead atoms. The van der Waals surface area contributed by atoms with Gasteiger partial charge in [-0.05, 0) is 31.2 Å². The summed E-state index contributed by atoms with van der Waals surface area (Å²) in [4.78, 5) is 27.0. The first-order valence-corrected chi connectivity index (χ1v) is 7.82. The fourth-order valence-electron chi connectivity index (χ4n) is 2.53. The predicted molar refractivity (Wildman–Crippen MR) is 88.3 cm³/mol. The summed E-state index contributed by atoms with van der Waals surface area (Å²) < 4.78 is 5.37. The third-order valence-electron chi connectivity index (χ3n) is 3.66. The number of primary amides is 1. The summed E-state index contributed by atoms with van der Waals surface area (Å²) in [6, 6.07) is 7.32. The highest BCUT2D eigenvalue weighted by Gasteiger charge is 2.19. The van der Waals surface area contributed by atoms with Gasteiger partial charge in [0.2, 0.25) is 11.8 Å². The Labute approximate surface area is 136 Å². The lowest BCUT2D eigenvalue weighted by atomic mass is 10.3. The van der Waals surface area contributed by atoms with Gasteiger partial charge in [-0.1, -0.05) is 0 Å². The van der Waals surface area contributed by atoms with Gasteiger partial charge in [0.1, 0.15) is 5.75 Å². The maximum absolute atomic E-state index is 12.1. The van der Waals surface area contributed by atoms with Gasteiger partial charge >= 0.3 is 0 Å². The van der Waals surface area contributed by atoms with E-state index in [1.807, 2.05) is 36.1 Å². The molecular formula is C16H24N4O3. The zero-order valence-electron chi connectivity index (χ0n) is 13.5. The summed E-state index contributed by atoms with van der Waals surface area (Å²) in [7, 11) is 0. The fraction of sp³-hybridized carbons (Fsp3) is 0.500. The zero-order valence-corrected chi connectivity index (χ0v) is 13.5. The molecule has 23 heavy (non-hydrogen) atoms. The molecule has 0 saturated carbocycles. The SMILES string of the molecule is CCOc1ccc(NC(=O)CN2CCN(CC(N)=O)CC2)cc1. The van der Waals surface area contributed by atoms with Gasteiger partial charge in [0.05, 0.1) is 19.7 Å². The highest BCUT2D eigenvalue weighted by molar-refractivity contribution is 5.92. The molecular weight excluding hydrogens is 296 g/mol. The maximum Gasteiger partial charge on any atom is 0.238 e. The number of amides is 2. The largest absolute Gasteiger partial charge is 0.494 e. The van der Waals surface area contributed by atoms with Crippen LogP contribution >= 0.6 is 0 Å². The van der Waals surface area contributed by atoms with Crippen molar-refractivity contribution in [2.45, 2.75) is 6.92 Å². The Kier molecular flexibility index (Phi) is 6.37. The van der Waals surface area contributed by atoms with Crippen LogP contribution in [0.2, 0.25) is 0 Å². The lowest BCUT2D eigenvalue weighted by molar-refractivity contribution is -0.121. The van der Waals surface area contributed by atoms with Crippen LogP contribution in [0.15, 0.2) is 24.3 Å². The molecule has 7 heteroatoms. The number of nitrogens with zero attached hydrogens (tertiary/aromatic N) is 2. The van der Waals surface area contributed by atoms with E-state index < -0.39 is 0 Å². The van der Waals surface area contributed by atoms with Crippen molar-refractivity contribution in [3.8, 4) is 5.75 Å². The van der Waals surface area contributed by atoms with E-state index in [1.165, 1.54) is 0 Å². The van der Waals surface area contributed by atoms with Gasteiger partial charge in [0.25, 0.3) is 0 Å². The Hall–Kier alpha value is -2.12. The average molecular weight is 320 g/mol. The quantitative estimate of drug-likeness (QED) is 0.745. The molecule has 1 saturated heterocycles. The predicted octanol–water partition coefficient (Wildman–Crippen LogP) is 0.127. The molecule has 1 heterocycles. The van der Waals surface area contributed by atoms with Gasteiger partial charge < -0.3 is 15.8 Å². The molecule has 3 N–H and O–H groups in total. The van der Waals surface area contributed by atoms with Crippen molar-refractivity contribution in [1.29, 1.82) is 0 Å². The Bertz CT molecular complexity index is 525. The molecule has 1 aliphatic rings. The van der Waals surface area contributed by atoms with Crippen LogP contribution in [0, 0.1) is 0 Å². The standard InChI is InChI=1S/C16H24N4O3/c1-2-23-14-5-3-13(4-6-14)18-16(22)12-20-9-7-19(8-10-20)11-15(17)21/h3-6H,2,7-12H2,1H3,(H2,17,21)(H,18,22). The number of piperazine rings is 1. The minimum Gasteiger partial charge on any atom is -0.494 e. The first-order valence-electron chi connectivity index (χ1n) is 7.82. The number of rotatable bonds is 7. The maximum atomic E-state index is 12.1. The fourth-order valence-corrected chi connectivity index (χ4v) is 2.53. The van der Waals surface area contributed by atoms with Crippen LogP contribution in [0.25, 0.3) is 0 Å². The van der Waals surface area contributed by atoms with Crippen LogP contribution in [0.1, 0.15) is 6.92 Å². The molecule has 0 spiro atoms. The molecule has 0 radical (unpaired) electrons. The highest BCUT2D eigenvalue weighted by Crippen LogP contribution is 2.15. The van der Waals surface area contributed by atoms with Crippen molar-refractivity contribution >= 4 is 17.5 Å². The summed E-state index contributed by atoms with van der Waals surface area (Å²) >= 11 is 0. The molecule has 1 aliphatic heterocycles. The third kappa shape index (κ3) is 5.88. The summed E-state index contributed by atoms with van der Waals surface area (Å²) in [5, 5.41) is 2.88. The molecule has 7 nitrogen and oxygen atoms in total. The second-order valence-electron chi connectivity index (χ2n) is 5.52. The Morgan fingerprint density at radius 3 is 2.17 bits per heavy atom. The molecule has 0 atom stereocenters. The molecule has 126 valence electrons. The van der Waals surface area contributed by atoms with Gasteiger partial charge in [-0.2, -0.15) is 0 Å². The molecule has 1 fully saturated rings. The van der Waals surface area contributed by atoms with Crippen molar-refractivity contribution in [1.82, 2.24) is 9.80 Å². The van der Waals surface area contributed by atoms with Gasteiger partial charge in [0, 0.05) is 31.9 Å². The van der Waals surface area contributed by atoms with E-state index in [9.17, 15) is 9.59 Å². The van der Waals surface area contributed by atoms with Crippen molar-refractivity contribution in [2.75, 3.05) is 51.2 Å². The van der Waals surface area contributed by atoms with Crippen molar-refractivity contribution in [2.24, 2.45) is 5.73 Å². The molecule has 1 aromatic rings. The number of hydrogen-bond acceptors (Lipinski definition) is 5. The summed E-state index contributed by atoms with van der Waals surface area (Å²) in [5.41, 5.74) is 5.94. The molecule has 2 rings (SSSR count). The Morgan fingerprint density at radius 2 is 1.65 bits per heavy atom. The highest BCUT2D eigenvalue weighted by atomic mass is 16.5. The number of nitrogens with one attached hydrogen (secondary N) is 1. The van der Waals surface area contributed by atoms with Gasteiger partial charge in [-0.3, -0.25) is 19.4 Å². The van der Waals surface area contributed by atoms with Crippen molar-refractivity contribution < 1.29 is 14.3 Å². The number of carbonyl (C=O) groups excluding carboxylic acids is 2. The first kappa shape index (κ1) is 17.2. The van der Waals surface area contributed by atoms with Crippen molar-refractivity contribution in [3.05, 3.63) is 24.3 Å². The van der Waals surface area contributed by atoms with E-state index in [-0.39, 0.29) is 18.4 Å². The summed E-state index contributed by atoms with van der Waals surface area (Å²) in [5.74, 6) is 0.431. The summed E-state index contributed by atoms with van der Waals surface area (Å²) in [6.45, 7) is 6.18. The number of benzene rings is 1. The van der Waals surface area contributed by atoms with Gasteiger partial charge in [-0.15, -0.1) is 0 Å². The van der Waals surface area contributed by atoms with E-state index in [0.717, 1.165) is 37.6 Å². The number of carbonyl (C=O) groups is 2. The van der Waals surface area contributed by atoms with Crippen LogP contribution in [0.3, 0.4) is 0 Å².